The van der Waals surface area contributed by atoms with Crippen molar-refractivity contribution in [2.24, 2.45) is 5.73 Å². The van der Waals surface area contributed by atoms with Crippen molar-refractivity contribution in [1.29, 1.82) is 0 Å². The smallest absolute Gasteiger partial charge is 0.0701 e. The van der Waals surface area contributed by atoms with Gasteiger partial charge in [0.15, 0.2) is 0 Å². The fourth-order valence-corrected chi connectivity index (χ4v) is 1.95. The molecular weight excluding hydrogens is 254 g/mol. The van der Waals surface area contributed by atoms with Crippen molar-refractivity contribution in [2.75, 3.05) is 46.7 Å². The summed E-state index contributed by atoms with van der Waals surface area (Å²) in [5.74, 6) is 0.366. The van der Waals surface area contributed by atoms with Gasteiger partial charge in [-0.2, -0.15) is 0 Å². The van der Waals surface area contributed by atoms with Crippen molar-refractivity contribution in [1.82, 2.24) is 0 Å². The fraction of sp³-hybridized carbons (Fsp3) is 0.625. The lowest BCUT2D eigenvalue weighted by Gasteiger charge is -2.15. The third-order valence-corrected chi connectivity index (χ3v) is 3.25. The number of rotatable bonds is 11. The lowest BCUT2D eigenvalue weighted by atomic mass is 9.95. The predicted octanol–water partition coefficient (Wildman–Crippen LogP) is 2.11. The Morgan fingerprint density at radius 3 is 2.15 bits per heavy atom. The van der Waals surface area contributed by atoms with E-state index >= 15 is 0 Å². The highest BCUT2D eigenvalue weighted by Crippen LogP contribution is 2.18. The van der Waals surface area contributed by atoms with Crippen molar-refractivity contribution in [2.45, 2.75) is 19.3 Å². The van der Waals surface area contributed by atoms with E-state index in [4.69, 9.17) is 19.9 Å². The van der Waals surface area contributed by atoms with Gasteiger partial charge in [0.1, 0.15) is 0 Å². The van der Waals surface area contributed by atoms with Crippen LogP contribution in [-0.4, -0.2) is 46.7 Å². The Morgan fingerprint density at radius 1 is 0.950 bits per heavy atom. The van der Waals surface area contributed by atoms with Crippen molar-refractivity contribution in [3.63, 3.8) is 0 Å². The second kappa shape index (κ2) is 10.8. The molecule has 0 saturated carbocycles. The third-order valence-electron chi connectivity index (χ3n) is 3.25. The van der Waals surface area contributed by atoms with E-state index in [1.165, 1.54) is 11.1 Å². The van der Waals surface area contributed by atoms with Crippen LogP contribution < -0.4 is 5.73 Å². The monoisotopic (exact) mass is 281 g/mol. The molecule has 0 aliphatic rings. The molecule has 0 amide bonds. The van der Waals surface area contributed by atoms with Crippen LogP contribution in [0.15, 0.2) is 24.3 Å². The molecule has 1 aromatic carbocycles. The fourth-order valence-electron chi connectivity index (χ4n) is 1.95. The first kappa shape index (κ1) is 17.1. The summed E-state index contributed by atoms with van der Waals surface area (Å²) in [5.41, 5.74) is 8.41. The number of nitrogens with two attached hydrogens (primary N) is 1. The summed E-state index contributed by atoms with van der Waals surface area (Å²) in [6.45, 7) is 5.93. The third kappa shape index (κ3) is 7.01. The summed E-state index contributed by atoms with van der Waals surface area (Å²) >= 11 is 0. The molecule has 1 rings (SSSR count). The largest absolute Gasteiger partial charge is 0.382 e. The Bertz CT molecular complexity index is 340. The van der Waals surface area contributed by atoms with E-state index in [-0.39, 0.29) is 0 Å². The van der Waals surface area contributed by atoms with Crippen LogP contribution in [0.2, 0.25) is 0 Å². The molecule has 0 aromatic heterocycles. The van der Waals surface area contributed by atoms with Gasteiger partial charge in [0.25, 0.3) is 0 Å². The average molecular weight is 281 g/mol. The molecule has 20 heavy (non-hydrogen) atoms. The SMILES string of the molecule is COCCOCCOCCC(CN)c1ccc(C)cc1. The standard InChI is InChI=1S/C16H27NO3/c1-14-3-5-15(6-4-14)16(13-17)7-8-19-11-12-20-10-9-18-2/h3-6,16H,7-13,17H2,1-2H3. The molecule has 4 nitrogen and oxygen atoms in total. The number of methoxy groups -OCH3 is 1. The molecule has 0 radical (unpaired) electrons. The summed E-state index contributed by atoms with van der Waals surface area (Å²) in [6.07, 6.45) is 0.942. The Hall–Kier alpha value is -0.940. The second-order valence-corrected chi connectivity index (χ2v) is 4.85. The zero-order valence-corrected chi connectivity index (χ0v) is 12.6. The summed E-state index contributed by atoms with van der Waals surface area (Å²) in [5, 5.41) is 0. The summed E-state index contributed by atoms with van der Waals surface area (Å²) in [4.78, 5) is 0. The van der Waals surface area contributed by atoms with Gasteiger partial charge in [-0.25, -0.2) is 0 Å². The molecule has 1 aromatic rings. The highest BCUT2D eigenvalue weighted by Gasteiger charge is 2.09. The van der Waals surface area contributed by atoms with Gasteiger partial charge >= 0.3 is 0 Å². The van der Waals surface area contributed by atoms with Gasteiger partial charge in [0.2, 0.25) is 0 Å². The minimum atomic E-state index is 0.366. The first-order valence-electron chi connectivity index (χ1n) is 7.19. The number of hydrogen-bond acceptors (Lipinski definition) is 4. The Kier molecular flexibility index (Phi) is 9.24. The maximum atomic E-state index is 5.84. The first-order chi connectivity index (χ1) is 9.77. The molecular formula is C16H27NO3. The number of hydrogen-bond donors (Lipinski definition) is 1. The molecule has 0 aliphatic carbocycles. The van der Waals surface area contributed by atoms with Gasteiger partial charge in [-0.3, -0.25) is 0 Å². The van der Waals surface area contributed by atoms with E-state index in [1.54, 1.807) is 7.11 Å². The molecule has 1 unspecified atom stereocenters. The van der Waals surface area contributed by atoms with E-state index in [0.717, 1.165) is 6.42 Å². The quantitative estimate of drug-likeness (QED) is 0.631. The Labute approximate surface area is 122 Å². The van der Waals surface area contributed by atoms with Crippen LogP contribution in [0, 0.1) is 6.92 Å². The summed E-state index contributed by atoms with van der Waals surface area (Å²) in [6, 6.07) is 8.56. The van der Waals surface area contributed by atoms with Crippen LogP contribution in [0.1, 0.15) is 23.5 Å². The molecule has 0 heterocycles. The van der Waals surface area contributed by atoms with E-state index in [2.05, 4.69) is 31.2 Å². The van der Waals surface area contributed by atoms with Crippen LogP contribution in [0.3, 0.4) is 0 Å². The predicted molar refractivity (Wildman–Crippen MR) is 81.1 cm³/mol. The van der Waals surface area contributed by atoms with Crippen LogP contribution in [0.5, 0.6) is 0 Å². The Morgan fingerprint density at radius 2 is 1.55 bits per heavy atom. The number of aryl methyl sites for hydroxylation is 1. The molecule has 0 spiro atoms. The van der Waals surface area contributed by atoms with Crippen LogP contribution in [0.25, 0.3) is 0 Å². The molecule has 2 N–H and O–H groups in total. The molecule has 0 bridgehead atoms. The van der Waals surface area contributed by atoms with Gasteiger partial charge in [0.05, 0.1) is 26.4 Å². The lowest BCUT2D eigenvalue weighted by Crippen LogP contribution is -2.16. The van der Waals surface area contributed by atoms with Gasteiger partial charge < -0.3 is 19.9 Å². The van der Waals surface area contributed by atoms with E-state index in [0.29, 0.717) is 45.5 Å². The minimum absolute atomic E-state index is 0.366. The molecule has 1 atom stereocenters. The van der Waals surface area contributed by atoms with Crippen LogP contribution >= 0.6 is 0 Å². The highest BCUT2D eigenvalue weighted by atomic mass is 16.5. The number of benzene rings is 1. The van der Waals surface area contributed by atoms with Crippen molar-refractivity contribution < 1.29 is 14.2 Å². The normalized spacial score (nSPS) is 12.6. The molecule has 4 heteroatoms. The van der Waals surface area contributed by atoms with E-state index in [9.17, 15) is 0 Å². The summed E-state index contributed by atoms with van der Waals surface area (Å²) < 4.78 is 15.8. The topological polar surface area (TPSA) is 53.7 Å². The molecule has 0 aliphatic heterocycles. The highest BCUT2D eigenvalue weighted by molar-refractivity contribution is 5.24. The van der Waals surface area contributed by atoms with Gasteiger partial charge in [0, 0.05) is 13.7 Å². The molecule has 114 valence electrons. The Balaban J connectivity index is 2.14. The average Bonchev–Trinajstić information content (AvgIpc) is 2.47. The van der Waals surface area contributed by atoms with Gasteiger partial charge in [-0.05, 0) is 31.4 Å². The summed E-state index contributed by atoms with van der Waals surface area (Å²) in [7, 11) is 1.66. The van der Waals surface area contributed by atoms with Gasteiger partial charge in [-0.15, -0.1) is 0 Å². The van der Waals surface area contributed by atoms with E-state index in [1.807, 2.05) is 0 Å². The number of ether oxygens (including phenoxy) is 3. The van der Waals surface area contributed by atoms with Crippen molar-refractivity contribution in [3.05, 3.63) is 35.4 Å². The van der Waals surface area contributed by atoms with Crippen LogP contribution in [-0.2, 0) is 14.2 Å². The zero-order valence-electron chi connectivity index (χ0n) is 12.6. The molecule has 0 saturated heterocycles. The second-order valence-electron chi connectivity index (χ2n) is 4.85. The van der Waals surface area contributed by atoms with Gasteiger partial charge in [-0.1, -0.05) is 29.8 Å². The maximum absolute atomic E-state index is 5.84. The minimum Gasteiger partial charge on any atom is -0.382 e. The molecule has 0 fully saturated rings. The maximum Gasteiger partial charge on any atom is 0.0701 e. The first-order valence-corrected chi connectivity index (χ1v) is 7.19. The van der Waals surface area contributed by atoms with Crippen molar-refractivity contribution in [3.8, 4) is 0 Å². The zero-order chi connectivity index (χ0) is 14.6. The lowest BCUT2D eigenvalue weighted by molar-refractivity contribution is 0.0234. The van der Waals surface area contributed by atoms with E-state index < -0.39 is 0 Å². The van der Waals surface area contributed by atoms with Crippen molar-refractivity contribution >= 4 is 0 Å². The van der Waals surface area contributed by atoms with Crippen LogP contribution in [0.4, 0.5) is 0 Å².